The summed E-state index contributed by atoms with van der Waals surface area (Å²) in [4.78, 5) is 28.2. The van der Waals surface area contributed by atoms with Gasteiger partial charge in [-0.1, -0.05) is 12.0 Å². The van der Waals surface area contributed by atoms with Gasteiger partial charge in [0.2, 0.25) is 5.91 Å². The fourth-order valence-corrected chi connectivity index (χ4v) is 2.69. The molecule has 158 valence electrons. The number of nitrogens with zero attached hydrogens (tertiary/aromatic N) is 3. The summed E-state index contributed by atoms with van der Waals surface area (Å²) in [5.74, 6) is 1.55. The first-order valence-electron chi connectivity index (χ1n) is 8.92. The van der Waals surface area contributed by atoms with Gasteiger partial charge >= 0.3 is 6.18 Å². The summed E-state index contributed by atoms with van der Waals surface area (Å²) in [6.07, 6.45) is 2.75. The number of aromatic nitrogens is 3. The van der Waals surface area contributed by atoms with Gasteiger partial charge in [0.05, 0.1) is 29.6 Å². The Kier molecular flexibility index (Phi) is 6.06. The van der Waals surface area contributed by atoms with Gasteiger partial charge in [0, 0.05) is 17.4 Å². The van der Waals surface area contributed by atoms with Crippen molar-refractivity contribution >= 4 is 17.5 Å². The Morgan fingerprint density at radius 3 is 2.61 bits per heavy atom. The van der Waals surface area contributed by atoms with Gasteiger partial charge in [-0.2, -0.15) is 18.3 Å². The van der Waals surface area contributed by atoms with E-state index in [1.165, 1.54) is 10.9 Å². The summed E-state index contributed by atoms with van der Waals surface area (Å²) in [6.45, 7) is 1.26. The first-order chi connectivity index (χ1) is 14.7. The lowest BCUT2D eigenvalue weighted by Gasteiger charge is -2.09. The minimum Gasteiger partial charge on any atom is -0.343 e. The monoisotopic (exact) mass is 427 g/mol. The van der Waals surface area contributed by atoms with Crippen LogP contribution >= 0.6 is 0 Å². The van der Waals surface area contributed by atoms with Crippen LogP contribution in [0.2, 0.25) is 0 Å². The van der Waals surface area contributed by atoms with E-state index in [1.807, 2.05) is 0 Å². The van der Waals surface area contributed by atoms with E-state index >= 15 is 0 Å². The first-order valence-corrected chi connectivity index (χ1v) is 8.92. The maximum atomic E-state index is 12.7. The van der Waals surface area contributed by atoms with Crippen molar-refractivity contribution in [1.29, 1.82) is 0 Å². The van der Waals surface area contributed by atoms with Gasteiger partial charge < -0.3 is 10.6 Å². The van der Waals surface area contributed by atoms with E-state index in [1.54, 1.807) is 31.2 Å². The van der Waals surface area contributed by atoms with Crippen molar-refractivity contribution < 1.29 is 22.8 Å². The SMILES string of the molecule is C#Cc1cccc(NC(=O)CNC(=O)c2cnn(-c3ccc(C(F)(F)F)cn3)c2C)c1. The highest BCUT2D eigenvalue weighted by Crippen LogP contribution is 2.28. The lowest BCUT2D eigenvalue weighted by Crippen LogP contribution is -2.33. The molecule has 0 bridgehead atoms. The fraction of sp³-hybridized carbons (Fsp3) is 0.143. The van der Waals surface area contributed by atoms with Crippen molar-refractivity contribution in [2.24, 2.45) is 0 Å². The van der Waals surface area contributed by atoms with Gasteiger partial charge in [0.25, 0.3) is 5.91 Å². The zero-order chi connectivity index (χ0) is 22.6. The molecule has 7 nitrogen and oxygen atoms in total. The standard InChI is InChI=1S/C21H16F3N5O2/c1-3-14-5-4-6-16(9-14)28-19(30)12-26-20(31)17-11-27-29(13(17)2)18-8-7-15(10-25-18)21(22,23)24/h1,4-11H,12H2,2H3,(H,26,31)(H,28,30). The van der Waals surface area contributed by atoms with Crippen molar-refractivity contribution in [3.05, 3.63) is 71.2 Å². The number of nitrogens with one attached hydrogen (secondary N) is 2. The number of hydrogen-bond acceptors (Lipinski definition) is 4. The number of benzene rings is 1. The summed E-state index contributed by atoms with van der Waals surface area (Å²) >= 11 is 0. The van der Waals surface area contributed by atoms with Crippen LogP contribution in [-0.2, 0) is 11.0 Å². The average Bonchev–Trinajstić information content (AvgIpc) is 3.13. The van der Waals surface area contributed by atoms with Crippen molar-refractivity contribution in [2.45, 2.75) is 13.1 Å². The Labute approximate surface area is 175 Å². The van der Waals surface area contributed by atoms with E-state index in [0.29, 0.717) is 23.1 Å². The highest BCUT2D eigenvalue weighted by Gasteiger charge is 2.30. The molecular formula is C21H16F3N5O2. The molecule has 0 aliphatic rings. The summed E-state index contributed by atoms with van der Waals surface area (Å²) in [6, 6.07) is 8.71. The number of anilines is 1. The average molecular weight is 427 g/mol. The molecule has 2 N–H and O–H groups in total. The minimum absolute atomic E-state index is 0.121. The van der Waals surface area contributed by atoms with Crippen molar-refractivity contribution in [2.75, 3.05) is 11.9 Å². The molecule has 2 aromatic heterocycles. The second kappa shape index (κ2) is 8.71. The van der Waals surface area contributed by atoms with E-state index in [9.17, 15) is 22.8 Å². The van der Waals surface area contributed by atoms with Crippen LogP contribution in [0.1, 0.15) is 27.2 Å². The molecular weight excluding hydrogens is 411 g/mol. The molecule has 0 atom stereocenters. The van der Waals surface area contributed by atoms with Crippen LogP contribution in [0, 0.1) is 19.3 Å². The van der Waals surface area contributed by atoms with E-state index in [4.69, 9.17) is 6.42 Å². The van der Waals surface area contributed by atoms with Crippen LogP contribution in [0.3, 0.4) is 0 Å². The summed E-state index contributed by atoms with van der Waals surface area (Å²) < 4.78 is 39.3. The van der Waals surface area contributed by atoms with Crippen LogP contribution in [-0.4, -0.2) is 33.1 Å². The molecule has 2 amide bonds. The Hall–Kier alpha value is -4.13. The molecule has 0 spiro atoms. The molecule has 3 aromatic rings. The molecule has 0 radical (unpaired) electrons. The van der Waals surface area contributed by atoms with Crippen LogP contribution in [0.5, 0.6) is 0 Å². The number of alkyl halides is 3. The molecule has 2 heterocycles. The smallest absolute Gasteiger partial charge is 0.343 e. The maximum absolute atomic E-state index is 12.7. The Balaban J connectivity index is 1.64. The number of hydrogen-bond donors (Lipinski definition) is 2. The van der Waals surface area contributed by atoms with E-state index in [2.05, 4.69) is 26.6 Å². The van der Waals surface area contributed by atoms with Gasteiger partial charge in [0.15, 0.2) is 5.82 Å². The molecule has 0 aliphatic heterocycles. The molecule has 31 heavy (non-hydrogen) atoms. The molecule has 0 fully saturated rings. The lowest BCUT2D eigenvalue weighted by atomic mass is 10.2. The maximum Gasteiger partial charge on any atom is 0.417 e. The highest BCUT2D eigenvalue weighted by atomic mass is 19.4. The third-order valence-corrected chi connectivity index (χ3v) is 4.27. The molecule has 1 aromatic carbocycles. The molecule has 10 heteroatoms. The number of pyridine rings is 1. The summed E-state index contributed by atoms with van der Waals surface area (Å²) in [5.41, 5.74) is 0.711. The molecule has 0 saturated carbocycles. The third kappa shape index (κ3) is 5.08. The Morgan fingerprint density at radius 2 is 1.97 bits per heavy atom. The predicted octanol–water partition coefficient (Wildman–Crippen LogP) is 2.94. The zero-order valence-corrected chi connectivity index (χ0v) is 16.2. The van der Waals surface area contributed by atoms with E-state index < -0.39 is 23.6 Å². The van der Waals surface area contributed by atoms with Crippen molar-refractivity contribution in [3.63, 3.8) is 0 Å². The zero-order valence-electron chi connectivity index (χ0n) is 16.2. The predicted molar refractivity (Wildman–Crippen MR) is 106 cm³/mol. The van der Waals surface area contributed by atoms with Gasteiger partial charge in [-0.3, -0.25) is 9.59 Å². The van der Waals surface area contributed by atoms with Gasteiger partial charge in [-0.05, 0) is 37.3 Å². The Morgan fingerprint density at radius 1 is 1.19 bits per heavy atom. The molecule has 0 aliphatic carbocycles. The number of carbonyl (C=O) groups excluding carboxylic acids is 2. The summed E-state index contributed by atoms with van der Waals surface area (Å²) in [5, 5.41) is 9.09. The van der Waals surface area contributed by atoms with E-state index in [0.717, 1.165) is 12.1 Å². The summed E-state index contributed by atoms with van der Waals surface area (Å²) in [7, 11) is 0. The molecule has 0 saturated heterocycles. The first kappa shape index (κ1) is 21.6. The third-order valence-electron chi connectivity index (χ3n) is 4.27. The van der Waals surface area contributed by atoms with E-state index in [-0.39, 0.29) is 17.9 Å². The normalized spacial score (nSPS) is 10.9. The topological polar surface area (TPSA) is 88.9 Å². The second-order valence-corrected chi connectivity index (χ2v) is 6.41. The largest absolute Gasteiger partial charge is 0.417 e. The number of rotatable bonds is 5. The van der Waals surface area contributed by atoms with Crippen LogP contribution in [0.15, 0.2) is 48.8 Å². The number of terminal acetylenes is 1. The van der Waals surface area contributed by atoms with Crippen LogP contribution < -0.4 is 10.6 Å². The number of amides is 2. The van der Waals surface area contributed by atoms with Crippen LogP contribution in [0.25, 0.3) is 5.82 Å². The van der Waals surface area contributed by atoms with Crippen LogP contribution in [0.4, 0.5) is 18.9 Å². The number of halogens is 3. The molecule has 0 unspecified atom stereocenters. The minimum atomic E-state index is -4.50. The Bertz CT molecular complexity index is 1160. The molecule has 3 rings (SSSR count). The second-order valence-electron chi connectivity index (χ2n) is 6.41. The van der Waals surface area contributed by atoms with Gasteiger partial charge in [0.1, 0.15) is 0 Å². The van der Waals surface area contributed by atoms with Gasteiger partial charge in [-0.15, -0.1) is 6.42 Å². The van der Waals surface area contributed by atoms with Gasteiger partial charge in [-0.25, -0.2) is 9.67 Å². The quantitative estimate of drug-likeness (QED) is 0.613. The highest BCUT2D eigenvalue weighted by molar-refractivity contribution is 5.99. The number of carbonyl (C=O) groups is 2. The van der Waals surface area contributed by atoms with Crippen molar-refractivity contribution in [1.82, 2.24) is 20.1 Å². The van der Waals surface area contributed by atoms with Crippen molar-refractivity contribution in [3.8, 4) is 18.2 Å². The lowest BCUT2D eigenvalue weighted by molar-refractivity contribution is -0.137. The fourth-order valence-electron chi connectivity index (χ4n) is 2.69.